The molecule has 0 radical (unpaired) electrons. The number of esters is 3. The van der Waals surface area contributed by atoms with Gasteiger partial charge in [0.15, 0.2) is 6.10 Å². The van der Waals surface area contributed by atoms with Gasteiger partial charge in [-0.3, -0.25) is 23.4 Å². The SMILES string of the molecule is CC/C=C\C/C=C\C/C=C\C/C=C\CCCCC(=O)OCC(COP(=O)(O)OCC(CO)OC(=O)CCCCC/C=C\C/C=C\C/C=C\CC)OC(=O)CCCCCCCCCCC/C=C\CCCCCCCC. The maximum atomic E-state index is 12.9. The summed E-state index contributed by atoms with van der Waals surface area (Å²) in [6, 6.07) is 0. The number of unbranched alkanes of at least 4 members (excludes halogenated alkanes) is 20. The number of carbonyl (C=O) groups is 3. The number of ether oxygens (including phenoxy) is 3. The lowest BCUT2D eigenvalue weighted by Crippen LogP contribution is -2.30. The lowest BCUT2D eigenvalue weighted by molar-refractivity contribution is -0.161. The van der Waals surface area contributed by atoms with Crippen LogP contribution in [0.1, 0.15) is 239 Å². The number of carbonyl (C=O) groups excluding carboxylic acids is 3. The van der Waals surface area contributed by atoms with Crippen LogP contribution in [0, 0.1) is 0 Å². The number of rotatable bonds is 53. The number of phosphoric ester groups is 1. The molecule has 0 amide bonds. The summed E-state index contributed by atoms with van der Waals surface area (Å²) in [6.45, 7) is 4.33. The molecule has 11 nitrogen and oxygen atoms in total. The average molecular weight is 1060 g/mol. The van der Waals surface area contributed by atoms with E-state index in [0.717, 1.165) is 96.3 Å². The van der Waals surface area contributed by atoms with Crippen LogP contribution in [0.2, 0.25) is 0 Å². The van der Waals surface area contributed by atoms with E-state index in [0.29, 0.717) is 19.3 Å². The zero-order valence-corrected chi connectivity index (χ0v) is 47.7. The fourth-order valence-corrected chi connectivity index (χ4v) is 8.37. The van der Waals surface area contributed by atoms with E-state index in [-0.39, 0.29) is 25.9 Å². The summed E-state index contributed by atoms with van der Waals surface area (Å²) in [6.07, 6.45) is 65.2. The number of allylic oxidation sites excluding steroid dienone is 16. The minimum Gasteiger partial charge on any atom is -0.462 e. The number of aliphatic hydroxyl groups is 1. The monoisotopic (exact) mass is 1060 g/mol. The molecule has 0 bridgehead atoms. The van der Waals surface area contributed by atoms with Crippen molar-refractivity contribution in [2.24, 2.45) is 0 Å². The lowest BCUT2D eigenvalue weighted by atomic mass is 10.1. The zero-order valence-electron chi connectivity index (χ0n) is 46.8. The minimum absolute atomic E-state index is 0.135. The van der Waals surface area contributed by atoms with Crippen LogP contribution in [0.5, 0.6) is 0 Å². The van der Waals surface area contributed by atoms with E-state index < -0.39 is 57.8 Å². The standard InChI is InChI=1S/C62H105O11P/c1-4-7-10-13-16-19-22-25-27-28-29-30-32-35-38-41-44-47-50-53-62(66)73-59(55-69-60(64)51-48-45-42-39-36-34-31-26-23-20-17-14-11-8-5-2)57-71-74(67,68)70-56-58(54-63)72-61(65)52-49-46-43-40-37-33-24-21-18-15-12-9-6-3/h8-9,11-12,17-18,20-21,25-27,31,33,36-37,39,58-59,63H,4-7,10,13-16,19,22-24,28-30,32,34-35,38,40-57H2,1-3H3,(H,67,68)/b11-8-,12-9-,20-17-,21-18-,27-25-,31-26-,37-33-,39-36-. The van der Waals surface area contributed by atoms with Gasteiger partial charge in [-0.1, -0.05) is 201 Å². The van der Waals surface area contributed by atoms with Crippen molar-refractivity contribution < 1.29 is 52.2 Å². The van der Waals surface area contributed by atoms with Gasteiger partial charge in [0.25, 0.3) is 0 Å². The Bertz CT molecular complexity index is 1610. The van der Waals surface area contributed by atoms with E-state index in [1.54, 1.807) is 0 Å². The molecule has 2 N–H and O–H groups in total. The summed E-state index contributed by atoms with van der Waals surface area (Å²) >= 11 is 0. The predicted octanol–water partition coefficient (Wildman–Crippen LogP) is 17.3. The first kappa shape index (κ1) is 70.4. The Kier molecular flexibility index (Phi) is 52.9. The van der Waals surface area contributed by atoms with Crippen LogP contribution in [0.25, 0.3) is 0 Å². The highest BCUT2D eigenvalue weighted by atomic mass is 31.2. The van der Waals surface area contributed by atoms with Crippen molar-refractivity contribution in [3.63, 3.8) is 0 Å². The van der Waals surface area contributed by atoms with Crippen LogP contribution >= 0.6 is 7.82 Å². The summed E-state index contributed by atoms with van der Waals surface area (Å²) in [5.41, 5.74) is 0. The maximum Gasteiger partial charge on any atom is 0.472 e. The zero-order chi connectivity index (χ0) is 54.1. The number of aliphatic hydroxyl groups excluding tert-OH is 1. The molecule has 12 heteroatoms. The van der Waals surface area contributed by atoms with Gasteiger partial charge in [-0.2, -0.15) is 0 Å². The van der Waals surface area contributed by atoms with Crippen LogP contribution in [-0.2, 0) is 42.2 Å². The fourth-order valence-electron chi connectivity index (χ4n) is 7.59. The van der Waals surface area contributed by atoms with Gasteiger partial charge >= 0.3 is 25.7 Å². The normalized spacial score (nSPS) is 14.1. The summed E-state index contributed by atoms with van der Waals surface area (Å²) < 4.78 is 39.5. The molecule has 0 spiro atoms. The molecule has 0 aliphatic heterocycles. The number of hydrogen-bond donors (Lipinski definition) is 2. The quantitative estimate of drug-likeness (QED) is 0.0197. The summed E-state index contributed by atoms with van der Waals surface area (Å²) in [7, 11) is -4.77. The van der Waals surface area contributed by atoms with E-state index in [2.05, 4.69) is 118 Å². The van der Waals surface area contributed by atoms with E-state index in [4.69, 9.17) is 23.3 Å². The lowest BCUT2D eigenvalue weighted by Gasteiger charge is -2.21. The molecular weight excluding hydrogens is 952 g/mol. The van der Waals surface area contributed by atoms with Crippen molar-refractivity contribution in [3.8, 4) is 0 Å². The van der Waals surface area contributed by atoms with Crippen LogP contribution < -0.4 is 0 Å². The summed E-state index contributed by atoms with van der Waals surface area (Å²) in [5, 5.41) is 9.80. The Morgan fingerprint density at radius 3 is 1.14 bits per heavy atom. The third-order valence-corrected chi connectivity index (χ3v) is 12.9. The Hall–Kier alpha value is -3.60. The predicted molar refractivity (Wildman–Crippen MR) is 307 cm³/mol. The first-order valence-electron chi connectivity index (χ1n) is 29.1. The third-order valence-electron chi connectivity index (χ3n) is 12.0. The molecular formula is C62H105O11P. The number of hydrogen-bond acceptors (Lipinski definition) is 10. The summed E-state index contributed by atoms with van der Waals surface area (Å²) in [5.74, 6) is -1.55. The third kappa shape index (κ3) is 53.2. The fraction of sp³-hybridized carbons (Fsp3) is 0.694. The first-order valence-corrected chi connectivity index (χ1v) is 30.6. The minimum atomic E-state index is -4.77. The van der Waals surface area contributed by atoms with E-state index in [9.17, 15) is 28.9 Å². The van der Waals surface area contributed by atoms with Gasteiger partial charge in [-0.15, -0.1) is 0 Å². The van der Waals surface area contributed by atoms with Crippen molar-refractivity contribution in [1.82, 2.24) is 0 Å². The molecule has 0 aromatic carbocycles. The molecule has 74 heavy (non-hydrogen) atoms. The largest absolute Gasteiger partial charge is 0.472 e. The Morgan fingerprint density at radius 1 is 0.392 bits per heavy atom. The van der Waals surface area contributed by atoms with Gasteiger partial charge < -0.3 is 24.2 Å². The van der Waals surface area contributed by atoms with E-state index in [1.165, 1.54) is 83.5 Å². The maximum absolute atomic E-state index is 12.9. The Labute approximate surface area is 451 Å². The van der Waals surface area contributed by atoms with Gasteiger partial charge in [-0.25, -0.2) is 4.57 Å². The van der Waals surface area contributed by atoms with Crippen molar-refractivity contribution in [2.45, 2.75) is 251 Å². The molecule has 0 saturated carbocycles. The molecule has 0 saturated heterocycles. The van der Waals surface area contributed by atoms with Crippen molar-refractivity contribution >= 4 is 25.7 Å². The Morgan fingerprint density at radius 2 is 0.703 bits per heavy atom. The second kappa shape index (κ2) is 55.6. The second-order valence-electron chi connectivity index (χ2n) is 19.0. The molecule has 0 fully saturated rings. The molecule has 0 aromatic heterocycles. The first-order chi connectivity index (χ1) is 36.2. The average Bonchev–Trinajstić information content (AvgIpc) is 3.39. The molecule has 3 unspecified atom stereocenters. The molecule has 0 rings (SSSR count). The number of phosphoric acid groups is 1. The molecule has 0 heterocycles. The van der Waals surface area contributed by atoms with Crippen LogP contribution in [-0.4, -0.2) is 66.5 Å². The van der Waals surface area contributed by atoms with Crippen LogP contribution in [0.15, 0.2) is 97.2 Å². The van der Waals surface area contributed by atoms with Crippen molar-refractivity contribution in [3.05, 3.63) is 97.2 Å². The molecule has 0 aromatic rings. The highest BCUT2D eigenvalue weighted by Gasteiger charge is 2.28. The van der Waals surface area contributed by atoms with Gasteiger partial charge in [-0.05, 0) is 116 Å². The molecule has 3 atom stereocenters. The van der Waals surface area contributed by atoms with Gasteiger partial charge in [0.2, 0.25) is 0 Å². The molecule has 424 valence electrons. The van der Waals surface area contributed by atoms with Gasteiger partial charge in [0.1, 0.15) is 12.7 Å². The summed E-state index contributed by atoms with van der Waals surface area (Å²) in [4.78, 5) is 48.5. The van der Waals surface area contributed by atoms with Crippen LogP contribution in [0.4, 0.5) is 0 Å². The van der Waals surface area contributed by atoms with E-state index in [1.807, 2.05) is 0 Å². The van der Waals surface area contributed by atoms with E-state index >= 15 is 0 Å². The highest BCUT2D eigenvalue weighted by Crippen LogP contribution is 2.43. The van der Waals surface area contributed by atoms with Crippen molar-refractivity contribution in [1.29, 1.82) is 0 Å². The van der Waals surface area contributed by atoms with Gasteiger partial charge in [0, 0.05) is 19.3 Å². The molecule has 0 aliphatic rings. The van der Waals surface area contributed by atoms with Gasteiger partial charge in [0.05, 0.1) is 19.8 Å². The Balaban J connectivity index is 4.80. The van der Waals surface area contributed by atoms with Crippen LogP contribution in [0.3, 0.4) is 0 Å². The molecule has 0 aliphatic carbocycles. The smallest absolute Gasteiger partial charge is 0.462 e. The topological polar surface area (TPSA) is 155 Å². The van der Waals surface area contributed by atoms with Crippen molar-refractivity contribution in [2.75, 3.05) is 26.4 Å². The second-order valence-corrected chi connectivity index (χ2v) is 20.5. The highest BCUT2D eigenvalue weighted by molar-refractivity contribution is 7.47.